The van der Waals surface area contributed by atoms with Crippen LogP contribution in [-0.2, 0) is 19.1 Å². The lowest BCUT2D eigenvalue weighted by Gasteiger charge is -2.30. The summed E-state index contributed by atoms with van der Waals surface area (Å²) in [5, 5.41) is 2.70. The van der Waals surface area contributed by atoms with Gasteiger partial charge in [-0.2, -0.15) is 0 Å². The highest BCUT2D eigenvalue weighted by Crippen LogP contribution is 2.35. The first kappa shape index (κ1) is 23.1. The first-order valence-corrected chi connectivity index (χ1v) is 9.62. The van der Waals surface area contributed by atoms with E-state index in [9.17, 15) is 14.4 Å². The summed E-state index contributed by atoms with van der Waals surface area (Å²) in [7, 11) is 1.42. The second-order valence-electron chi connectivity index (χ2n) is 6.57. The smallest absolute Gasteiger partial charge is 0.257 e. The normalized spacial score (nSPS) is 18.8. The molecule has 0 aromatic heterocycles. The number of nitrogens with one attached hydrogen (secondary N) is 1. The second-order valence-corrected chi connectivity index (χ2v) is 9.09. The van der Waals surface area contributed by atoms with Crippen LogP contribution >= 0.6 is 34.8 Å². The largest absolute Gasteiger partial charge is 0.499 e. The van der Waals surface area contributed by atoms with Gasteiger partial charge in [0.25, 0.3) is 11.8 Å². The van der Waals surface area contributed by atoms with Gasteiger partial charge in [-0.25, -0.2) is 0 Å². The van der Waals surface area contributed by atoms with Gasteiger partial charge < -0.3 is 10.1 Å². The molecular weight excluding hydrogens is 403 g/mol. The molecule has 0 bridgehead atoms. The molecule has 1 rings (SSSR count). The van der Waals surface area contributed by atoms with E-state index in [1.165, 1.54) is 13.2 Å². The van der Waals surface area contributed by atoms with Crippen molar-refractivity contribution in [2.24, 2.45) is 5.92 Å². The number of hydrogen-bond donors (Lipinski definition) is 1. The van der Waals surface area contributed by atoms with E-state index in [2.05, 4.69) is 5.32 Å². The van der Waals surface area contributed by atoms with Gasteiger partial charge in [-0.15, -0.1) is 0 Å². The molecule has 1 N–H and O–H groups in total. The zero-order valence-corrected chi connectivity index (χ0v) is 17.6. The van der Waals surface area contributed by atoms with Crippen LogP contribution in [0.15, 0.2) is 11.8 Å². The lowest BCUT2D eigenvalue weighted by atomic mass is 10.0. The summed E-state index contributed by atoms with van der Waals surface area (Å²) in [6, 6.07) is -1.46. The number of hydrogen-bond acceptors (Lipinski definition) is 4. The third-order valence-electron chi connectivity index (χ3n) is 3.98. The predicted octanol–water partition coefficient (Wildman–Crippen LogP) is 3.35. The zero-order valence-electron chi connectivity index (χ0n) is 15.4. The number of halogens is 3. The Morgan fingerprint density at radius 2 is 1.96 bits per heavy atom. The van der Waals surface area contributed by atoms with Gasteiger partial charge in [-0.1, -0.05) is 55.6 Å². The highest BCUT2D eigenvalue weighted by Gasteiger charge is 2.42. The maximum Gasteiger partial charge on any atom is 0.257 e. The van der Waals surface area contributed by atoms with E-state index in [0.29, 0.717) is 12.2 Å². The fourth-order valence-corrected chi connectivity index (χ4v) is 3.08. The third kappa shape index (κ3) is 6.63. The lowest BCUT2D eigenvalue weighted by molar-refractivity contribution is -0.146. The number of carbonyl (C=O) groups excluding carboxylic acids is 3. The van der Waals surface area contributed by atoms with Crippen LogP contribution in [0, 0.1) is 5.92 Å². The molecule has 0 aromatic carbocycles. The summed E-state index contributed by atoms with van der Waals surface area (Å²) in [6.07, 6.45) is 2.29. The molecule has 0 fully saturated rings. The van der Waals surface area contributed by atoms with Crippen molar-refractivity contribution in [3.63, 3.8) is 0 Å². The Labute approximate surface area is 169 Å². The van der Waals surface area contributed by atoms with Crippen molar-refractivity contribution in [2.75, 3.05) is 7.11 Å². The minimum absolute atomic E-state index is 0.135. The van der Waals surface area contributed by atoms with Crippen LogP contribution in [0.2, 0.25) is 0 Å². The molecule has 148 valence electrons. The van der Waals surface area contributed by atoms with Crippen LogP contribution in [0.5, 0.6) is 0 Å². The van der Waals surface area contributed by atoms with E-state index in [1.54, 1.807) is 6.92 Å². The molecule has 0 saturated heterocycles. The van der Waals surface area contributed by atoms with Crippen molar-refractivity contribution in [3.8, 4) is 0 Å². The average Bonchev–Trinajstić information content (AvgIpc) is 2.85. The van der Waals surface area contributed by atoms with Crippen LogP contribution in [0.4, 0.5) is 0 Å². The summed E-state index contributed by atoms with van der Waals surface area (Å²) in [6.45, 7) is 5.56. The quantitative estimate of drug-likeness (QED) is 0.603. The minimum Gasteiger partial charge on any atom is -0.499 e. The van der Waals surface area contributed by atoms with Gasteiger partial charge in [-0.05, 0) is 25.2 Å². The first-order chi connectivity index (χ1) is 12.0. The highest BCUT2D eigenvalue weighted by molar-refractivity contribution is 6.67. The van der Waals surface area contributed by atoms with Crippen LogP contribution < -0.4 is 5.32 Å². The van der Waals surface area contributed by atoms with Crippen molar-refractivity contribution in [3.05, 3.63) is 11.8 Å². The molecule has 3 amide bonds. The summed E-state index contributed by atoms with van der Waals surface area (Å²) in [5.41, 5.74) is 0. The van der Waals surface area contributed by atoms with Gasteiger partial charge in [0.2, 0.25) is 5.91 Å². The molecule has 9 heteroatoms. The molecule has 6 nitrogen and oxygen atoms in total. The average molecular weight is 428 g/mol. The molecule has 0 aromatic rings. The standard InChI is InChI=1S/C17H25Cl3N2O4/c1-5-14(23)21-11(8-10(2)3)16(25)22-12(6-7-17(18,19)20)13(26-4)9-15(22)24/h9-12H,5-8H2,1-4H3,(H,21,23)/t11-,12+/m1/s1. The van der Waals surface area contributed by atoms with E-state index in [-0.39, 0.29) is 31.1 Å². The molecular formula is C17H25Cl3N2O4. The number of rotatable bonds is 8. The molecule has 0 spiro atoms. The van der Waals surface area contributed by atoms with Crippen LogP contribution in [-0.4, -0.2) is 45.6 Å². The summed E-state index contributed by atoms with van der Waals surface area (Å²) < 4.78 is 3.73. The molecule has 0 unspecified atom stereocenters. The minimum atomic E-state index is -1.51. The van der Waals surface area contributed by atoms with Crippen LogP contribution in [0.25, 0.3) is 0 Å². The molecule has 1 aliphatic heterocycles. The Morgan fingerprint density at radius 1 is 1.35 bits per heavy atom. The van der Waals surface area contributed by atoms with Crippen molar-refractivity contribution >= 4 is 52.5 Å². The summed E-state index contributed by atoms with van der Waals surface area (Å²) in [5.74, 6) is -0.756. The molecule has 0 radical (unpaired) electrons. The van der Waals surface area contributed by atoms with Gasteiger partial charge >= 0.3 is 0 Å². The molecule has 1 heterocycles. The number of amides is 3. The van der Waals surface area contributed by atoms with E-state index in [1.807, 2.05) is 13.8 Å². The third-order valence-corrected chi connectivity index (χ3v) is 4.55. The number of imide groups is 1. The fraction of sp³-hybridized carbons (Fsp3) is 0.706. The maximum absolute atomic E-state index is 13.0. The molecule has 26 heavy (non-hydrogen) atoms. The summed E-state index contributed by atoms with van der Waals surface area (Å²) in [4.78, 5) is 38.3. The number of alkyl halides is 3. The van der Waals surface area contributed by atoms with Crippen molar-refractivity contribution < 1.29 is 19.1 Å². The maximum atomic E-state index is 13.0. The predicted molar refractivity (Wildman–Crippen MR) is 102 cm³/mol. The lowest BCUT2D eigenvalue weighted by Crippen LogP contribution is -2.52. The van der Waals surface area contributed by atoms with E-state index in [0.717, 1.165) is 4.90 Å². The van der Waals surface area contributed by atoms with Gasteiger partial charge in [0.15, 0.2) is 3.79 Å². The van der Waals surface area contributed by atoms with Crippen molar-refractivity contribution in [1.82, 2.24) is 10.2 Å². The number of ether oxygens (including phenoxy) is 1. The zero-order chi connectivity index (χ0) is 20.1. The van der Waals surface area contributed by atoms with Crippen LogP contribution in [0.3, 0.4) is 0 Å². The van der Waals surface area contributed by atoms with Crippen molar-refractivity contribution in [1.29, 1.82) is 0 Å². The highest BCUT2D eigenvalue weighted by atomic mass is 35.6. The van der Waals surface area contributed by atoms with Gasteiger partial charge in [-0.3, -0.25) is 19.3 Å². The molecule has 0 aliphatic carbocycles. The molecule has 0 saturated carbocycles. The fourth-order valence-electron chi connectivity index (χ4n) is 2.75. The van der Waals surface area contributed by atoms with Gasteiger partial charge in [0.05, 0.1) is 13.2 Å². The number of methoxy groups -OCH3 is 1. The van der Waals surface area contributed by atoms with E-state index in [4.69, 9.17) is 39.5 Å². The Morgan fingerprint density at radius 3 is 2.42 bits per heavy atom. The van der Waals surface area contributed by atoms with Gasteiger partial charge in [0, 0.05) is 12.5 Å². The van der Waals surface area contributed by atoms with E-state index >= 15 is 0 Å². The molecule has 2 atom stereocenters. The Balaban J connectivity index is 3.05. The number of carbonyl (C=O) groups is 3. The van der Waals surface area contributed by atoms with Crippen LogP contribution in [0.1, 0.15) is 46.5 Å². The Bertz CT molecular complexity index is 573. The number of nitrogens with zero attached hydrogens (tertiary/aromatic N) is 1. The van der Waals surface area contributed by atoms with E-state index < -0.39 is 27.7 Å². The Hall–Kier alpha value is -0.980. The monoisotopic (exact) mass is 426 g/mol. The molecule has 1 aliphatic rings. The van der Waals surface area contributed by atoms with Crippen molar-refractivity contribution in [2.45, 2.75) is 62.3 Å². The Kier molecular flexibility index (Phi) is 8.70. The first-order valence-electron chi connectivity index (χ1n) is 8.48. The topological polar surface area (TPSA) is 75.7 Å². The van der Waals surface area contributed by atoms with Gasteiger partial charge in [0.1, 0.15) is 11.8 Å². The SMILES string of the molecule is CCC(=O)N[C@H](CC(C)C)C(=O)N1C(=O)C=C(OC)[C@@H]1CCC(Cl)(Cl)Cl. The summed E-state index contributed by atoms with van der Waals surface area (Å²) >= 11 is 17.4. The second kappa shape index (κ2) is 9.81.